The molecule has 0 amide bonds. The van der Waals surface area contributed by atoms with Crippen molar-refractivity contribution in [3.63, 3.8) is 0 Å². The van der Waals surface area contributed by atoms with Gasteiger partial charge in [0.15, 0.2) is 6.10 Å². The molecule has 4 nitrogen and oxygen atoms in total. The summed E-state index contributed by atoms with van der Waals surface area (Å²) in [7, 11) is 0. The van der Waals surface area contributed by atoms with Crippen LogP contribution in [0.3, 0.4) is 0 Å². The fraction of sp³-hybridized carbons (Fsp3) is 0.727. The van der Waals surface area contributed by atoms with Crippen LogP contribution in [0.2, 0.25) is 0 Å². The second kappa shape index (κ2) is 18.2. The molecule has 0 spiro atoms. The minimum Gasteiger partial charge on any atom is -0.479 e. The molecular formula is C22H38O4. The zero-order valence-corrected chi connectivity index (χ0v) is 16.8. The van der Waals surface area contributed by atoms with Crippen LogP contribution in [0.25, 0.3) is 0 Å². The molecule has 0 saturated heterocycles. The number of esters is 1. The van der Waals surface area contributed by atoms with Gasteiger partial charge in [-0.1, -0.05) is 69.8 Å². The van der Waals surface area contributed by atoms with E-state index in [1.807, 2.05) is 0 Å². The molecule has 0 aromatic carbocycles. The Labute approximate surface area is 159 Å². The van der Waals surface area contributed by atoms with Crippen molar-refractivity contribution in [1.82, 2.24) is 0 Å². The Kier molecular flexibility index (Phi) is 17.1. The minimum atomic E-state index is -1.10. The van der Waals surface area contributed by atoms with Crippen LogP contribution in [-0.2, 0) is 14.3 Å². The first-order valence-corrected chi connectivity index (χ1v) is 10.3. The lowest BCUT2D eigenvalue weighted by molar-refractivity contribution is -0.162. The minimum absolute atomic E-state index is 0.308. The van der Waals surface area contributed by atoms with Gasteiger partial charge in [-0.15, -0.1) is 0 Å². The van der Waals surface area contributed by atoms with Crippen molar-refractivity contribution >= 4 is 11.9 Å². The highest BCUT2D eigenvalue weighted by atomic mass is 16.6. The number of carboxylic acids is 1. The third kappa shape index (κ3) is 17.2. The summed E-state index contributed by atoms with van der Waals surface area (Å²) in [6.07, 6.45) is 22.2. The number of allylic oxidation sites excluding steroid dienone is 4. The number of unbranched alkanes of at least 4 members (excludes halogenated alkanes) is 9. The zero-order valence-electron chi connectivity index (χ0n) is 16.8. The van der Waals surface area contributed by atoms with Gasteiger partial charge in [0.25, 0.3) is 0 Å². The predicted molar refractivity (Wildman–Crippen MR) is 107 cm³/mol. The lowest BCUT2D eigenvalue weighted by atomic mass is 10.1. The summed E-state index contributed by atoms with van der Waals surface area (Å²) >= 11 is 0. The highest BCUT2D eigenvalue weighted by Gasteiger charge is 2.15. The lowest BCUT2D eigenvalue weighted by Gasteiger charge is -2.08. The number of hydrogen-bond donors (Lipinski definition) is 1. The molecule has 0 aliphatic heterocycles. The topological polar surface area (TPSA) is 63.6 Å². The van der Waals surface area contributed by atoms with E-state index >= 15 is 0 Å². The summed E-state index contributed by atoms with van der Waals surface area (Å²) in [6, 6.07) is 0. The fourth-order valence-electron chi connectivity index (χ4n) is 2.56. The molecule has 0 aromatic rings. The second-order valence-electron chi connectivity index (χ2n) is 6.80. The number of ether oxygens (including phenoxy) is 1. The Balaban J connectivity index is 3.36. The Morgan fingerprint density at radius 2 is 1.38 bits per heavy atom. The molecule has 4 heteroatoms. The van der Waals surface area contributed by atoms with Crippen molar-refractivity contribution in [2.45, 2.75) is 103 Å². The van der Waals surface area contributed by atoms with Gasteiger partial charge in [0.1, 0.15) is 0 Å². The number of rotatable bonds is 17. The van der Waals surface area contributed by atoms with Crippen molar-refractivity contribution in [2.75, 3.05) is 0 Å². The van der Waals surface area contributed by atoms with Crippen molar-refractivity contribution < 1.29 is 19.4 Å². The maximum Gasteiger partial charge on any atom is 0.344 e. The third-order valence-electron chi connectivity index (χ3n) is 4.24. The lowest BCUT2D eigenvalue weighted by Crippen LogP contribution is -2.23. The van der Waals surface area contributed by atoms with Gasteiger partial charge in [-0.05, 0) is 45.4 Å². The van der Waals surface area contributed by atoms with Crippen LogP contribution < -0.4 is 0 Å². The first-order valence-electron chi connectivity index (χ1n) is 10.3. The molecule has 0 bridgehead atoms. The van der Waals surface area contributed by atoms with Crippen LogP contribution in [-0.4, -0.2) is 23.1 Å². The van der Waals surface area contributed by atoms with Crippen LogP contribution in [0.4, 0.5) is 0 Å². The molecule has 0 aromatic heterocycles. The summed E-state index contributed by atoms with van der Waals surface area (Å²) in [5, 5.41) is 8.66. The van der Waals surface area contributed by atoms with E-state index in [0.29, 0.717) is 6.42 Å². The molecule has 0 rings (SSSR count). The zero-order chi connectivity index (χ0) is 19.5. The van der Waals surface area contributed by atoms with E-state index in [9.17, 15) is 9.59 Å². The summed E-state index contributed by atoms with van der Waals surface area (Å²) in [6.45, 7) is 3.61. The number of hydrogen-bond acceptors (Lipinski definition) is 3. The number of carboxylic acid groups (broad SMARTS) is 1. The van der Waals surface area contributed by atoms with Crippen LogP contribution in [0.15, 0.2) is 24.3 Å². The van der Waals surface area contributed by atoms with Crippen LogP contribution >= 0.6 is 0 Å². The van der Waals surface area contributed by atoms with Crippen molar-refractivity contribution in [2.24, 2.45) is 0 Å². The summed E-state index contributed by atoms with van der Waals surface area (Å²) in [5.74, 6) is -1.52. The molecule has 0 radical (unpaired) electrons. The van der Waals surface area contributed by atoms with Crippen molar-refractivity contribution in [1.29, 1.82) is 0 Å². The number of carbonyl (C=O) groups excluding carboxylic acids is 1. The van der Waals surface area contributed by atoms with Gasteiger partial charge in [-0.25, -0.2) is 4.79 Å². The maximum absolute atomic E-state index is 11.4. The van der Waals surface area contributed by atoms with Crippen LogP contribution in [0.5, 0.6) is 0 Å². The van der Waals surface area contributed by atoms with Gasteiger partial charge in [0.2, 0.25) is 0 Å². The Bertz CT molecular complexity index is 412. The Morgan fingerprint density at radius 3 is 1.96 bits per heavy atom. The first kappa shape index (κ1) is 24.4. The van der Waals surface area contributed by atoms with Gasteiger partial charge >= 0.3 is 11.9 Å². The molecule has 1 N–H and O–H groups in total. The molecule has 26 heavy (non-hydrogen) atoms. The van der Waals surface area contributed by atoms with Gasteiger partial charge in [-0.3, -0.25) is 4.79 Å². The smallest absolute Gasteiger partial charge is 0.344 e. The number of aliphatic carboxylic acids is 1. The van der Waals surface area contributed by atoms with Crippen LogP contribution in [0, 0.1) is 0 Å². The van der Waals surface area contributed by atoms with E-state index < -0.39 is 18.0 Å². The van der Waals surface area contributed by atoms with E-state index in [4.69, 9.17) is 9.84 Å². The molecule has 150 valence electrons. The van der Waals surface area contributed by atoms with E-state index in [-0.39, 0.29) is 0 Å². The Morgan fingerprint density at radius 1 is 0.846 bits per heavy atom. The average Bonchev–Trinajstić information content (AvgIpc) is 2.61. The number of carbonyl (C=O) groups is 2. The molecule has 0 aliphatic carbocycles. The van der Waals surface area contributed by atoms with Gasteiger partial charge in [-0.2, -0.15) is 0 Å². The van der Waals surface area contributed by atoms with E-state index in [1.165, 1.54) is 45.4 Å². The van der Waals surface area contributed by atoms with Gasteiger partial charge in [0.05, 0.1) is 0 Å². The molecule has 0 fully saturated rings. The average molecular weight is 367 g/mol. The largest absolute Gasteiger partial charge is 0.479 e. The standard InChI is InChI=1S/C22H38O4/c1-3-4-5-6-7-8-9-10-11-12-13-14-15-16-17-18-19-21(23)26-20(2)22(24)25/h8-9,11-12,20H,3-7,10,13-19H2,1-2H3,(H,24,25)/b9-8-,12-11-. The Hall–Kier alpha value is -1.58. The normalized spacial score (nSPS) is 12.7. The van der Waals surface area contributed by atoms with Gasteiger partial charge in [0, 0.05) is 6.42 Å². The maximum atomic E-state index is 11.4. The molecule has 0 heterocycles. The molecule has 1 atom stereocenters. The quantitative estimate of drug-likeness (QED) is 0.189. The second-order valence-corrected chi connectivity index (χ2v) is 6.80. The molecule has 0 aliphatic rings. The van der Waals surface area contributed by atoms with E-state index in [0.717, 1.165) is 38.5 Å². The first-order chi connectivity index (χ1) is 12.6. The van der Waals surface area contributed by atoms with Crippen LogP contribution in [0.1, 0.15) is 97.3 Å². The molecule has 0 saturated carbocycles. The van der Waals surface area contributed by atoms with Crippen molar-refractivity contribution in [3.05, 3.63) is 24.3 Å². The van der Waals surface area contributed by atoms with E-state index in [2.05, 4.69) is 31.2 Å². The third-order valence-corrected chi connectivity index (χ3v) is 4.24. The van der Waals surface area contributed by atoms with E-state index in [1.54, 1.807) is 0 Å². The molecular weight excluding hydrogens is 328 g/mol. The SMILES string of the molecule is CCCCCC/C=C\C/C=C\CCCCCCCC(=O)OC(C)C(=O)O. The molecule has 1 unspecified atom stereocenters. The fourth-order valence-corrected chi connectivity index (χ4v) is 2.56. The summed E-state index contributed by atoms with van der Waals surface area (Å²) in [5.41, 5.74) is 0. The predicted octanol–water partition coefficient (Wildman–Crippen LogP) is 6.21. The summed E-state index contributed by atoms with van der Waals surface area (Å²) < 4.78 is 4.78. The highest BCUT2D eigenvalue weighted by Crippen LogP contribution is 2.09. The monoisotopic (exact) mass is 366 g/mol. The highest BCUT2D eigenvalue weighted by molar-refractivity contribution is 5.77. The summed E-state index contributed by atoms with van der Waals surface area (Å²) in [4.78, 5) is 22.0. The van der Waals surface area contributed by atoms with Crippen molar-refractivity contribution in [3.8, 4) is 0 Å². The van der Waals surface area contributed by atoms with Gasteiger partial charge < -0.3 is 9.84 Å².